The molecule has 1 aromatic carbocycles. The van der Waals surface area contributed by atoms with Gasteiger partial charge in [-0.05, 0) is 31.9 Å². The largest absolute Gasteiger partial charge is 0.351 e. The zero-order valence-corrected chi connectivity index (χ0v) is 13.7. The molecule has 0 radical (unpaired) electrons. The van der Waals surface area contributed by atoms with Crippen LogP contribution in [0.4, 0.5) is 9.18 Å². The number of imide groups is 1. The summed E-state index contributed by atoms with van der Waals surface area (Å²) in [4.78, 5) is 22.6. The summed E-state index contributed by atoms with van der Waals surface area (Å²) in [5, 5.41) is 10.2. The third kappa shape index (κ3) is 3.40. The highest BCUT2D eigenvalue weighted by atomic mass is 32.2. The number of benzene rings is 1. The molecule has 1 fully saturated rings. The van der Waals surface area contributed by atoms with Crippen LogP contribution in [0.3, 0.4) is 0 Å². The number of carbonyl (C=O) groups excluding carboxylic acids is 2. The molecule has 0 bridgehead atoms. The Balaban J connectivity index is 1.89. The summed E-state index contributed by atoms with van der Waals surface area (Å²) in [5.41, 5.74) is 5.33. The lowest BCUT2D eigenvalue weighted by molar-refractivity contribution is -0.119. The molecule has 1 aromatic heterocycles. The van der Waals surface area contributed by atoms with E-state index in [0.717, 1.165) is 24.6 Å². The van der Waals surface area contributed by atoms with E-state index < -0.39 is 17.2 Å². The van der Waals surface area contributed by atoms with Gasteiger partial charge in [0.2, 0.25) is 5.91 Å². The summed E-state index contributed by atoms with van der Waals surface area (Å²) in [5.74, 6) is -0.436. The summed E-state index contributed by atoms with van der Waals surface area (Å²) < 4.78 is 15.9. The highest BCUT2D eigenvalue weighted by Gasteiger charge is 2.32. The van der Waals surface area contributed by atoms with Crippen molar-refractivity contribution in [2.24, 2.45) is 5.73 Å². The van der Waals surface area contributed by atoms with E-state index in [9.17, 15) is 14.0 Å². The van der Waals surface area contributed by atoms with Crippen molar-refractivity contribution < 1.29 is 14.0 Å². The summed E-state index contributed by atoms with van der Waals surface area (Å²) in [6.45, 7) is 1.64. The summed E-state index contributed by atoms with van der Waals surface area (Å²) in [6, 6.07) is 5.67. The van der Waals surface area contributed by atoms with Crippen molar-refractivity contribution in [1.82, 2.24) is 20.1 Å². The zero-order chi connectivity index (χ0) is 17.3. The predicted octanol–water partition coefficient (Wildman–Crippen LogP) is 2.09. The quantitative estimate of drug-likeness (QED) is 0.805. The number of amides is 3. The Kier molecular flexibility index (Phi) is 4.52. The second-order valence-electron chi connectivity index (χ2n) is 5.50. The fraction of sp³-hybridized carbons (Fsp3) is 0.333. The fourth-order valence-electron chi connectivity index (χ4n) is 2.28. The average Bonchev–Trinajstić information content (AvgIpc) is 3.28. The van der Waals surface area contributed by atoms with E-state index in [1.165, 1.54) is 6.07 Å². The molecule has 3 amide bonds. The first-order valence-electron chi connectivity index (χ1n) is 7.44. The molecule has 1 aliphatic carbocycles. The van der Waals surface area contributed by atoms with Crippen LogP contribution < -0.4 is 11.1 Å². The maximum Gasteiger partial charge on any atom is 0.318 e. The number of nitrogens with two attached hydrogens (primary N) is 1. The third-order valence-electron chi connectivity index (χ3n) is 3.59. The van der Waals surface area contributed by atoms with Crippen molar-refractivity contribution in [3.05, 3.63) is 30.1 Å². The van der Waals surface area contributed by atoms with E-state index in [2.05, 4.69) is 10.2 Å². The average molecular weight is 349 g/mol. The Morgan fingerprint density at radius 2 is 2.08 bits per heavy atom. The lowest BCUT2D eigenvalue weighted by atomic mass is 10.2. The highest BCUT2D eigenvalue weighted by molar-refractivity contribution is 8.00. The summed E-state index contributed by atoms with van der Waals surface area (Å²) in [6.07, 6.45) is 1.91. The molecule has 2 aromatic rings. The maximum atomic E-state index is 14.1. The van der Waals surface area contributed by atoms with Crippen molar-refractivity contribution in [3.63, 3.8) is 0 Å². The molecule has 0 aliphatic heterocycles. The molecule has 1 heterocycles. The Morgan fingerprint density at radius 3 is 2.71 bits per heavy atom. The molecule has 24 heavy (non-hydrogen) atoms. The number of nitrogens with one attached hydrogen (secondary N) is 1. The van der Waals surface area contributed by atoms with Gasteiger partial charge in [0.1, 0.15) is 5.82 Å². The topological polar surface area (TPSA) is 103 Å². The van der Waals surface area contributed by atoms with E-state index in [1.807, 2.05) is 9.88 Å². The molecule has 1 atom stereocenters. The van der Waals surface area contributed by atoms with Crippen molar-refractivity contribution in [2.75, 3.05) is 0 Å². The maximum absolute atomic E-state index is 14.1. The molecular formula is C15H16FN5O2S. The molecule has 0 unspecified atom stereocenters. The summed E-state index contributed by atoms with van der Waals surface area (Å²) in [7, 11) is 0. The highest BCUT2D eigenvalue weighted by Crippen LogP contribution is 2.42. The lowest BCUT2D eigenvalue weighted by Gasteiger charge is -2.12. The van der Waals surface area contributed by atoms with E-state index in [1.54, 1.807) is 25.1 Å². The number of rotatable bonds is 5. The first-order valence-corrected chi connectivity index (χ1v) is 8.32. The number of urea groups is 1. The Bertz CT molecular complexity index is 790. The molecule has 1 saturated carbocycles. The van der Waals surface area contributed by atoms with Crippen molar-refractivity contribution >= 4 is 23.7 Å². The molecular weight excluding hydrogens is 333 g/mol. The Hall–Kier alpha value is -2.42. The molecule has 0 spiro atoms. The van der Waals surface area contributed by atoms with Gasteiger partial charge < -0.3 is 5.73 Å². The van der Waals surface area contributed by atoms with Crippen LogP contribution in [0.1, 0.15) is 25.8 Å². The second kappa shape index (κ2) is 6.60. The molecule has 3 rings (SSSR count). The number of thioether (sulfide) groups is 1. The van der Waals surface area contributed by atoms with E-state index in [-0.39, 0.29) is 11.9 Å². The van der Waals surface area contributed by atoms with Crippen LogP contribution in [0.15, 0.2) is 29.4 Å². The molecule has 1 aliphatic rings. The molecule has 7 nitrogen and oxygen atoms in total. The Labute approximate surface area is 141 Å². The molecule has 9 heteroatoms. The summed E-state index contributed by atoms with van der Waals surface area (Å²) >= 11 is 1.16. The Morgan fingerprint density at radius 1 is 1.38 bits per heavy atom. The molecule has 0 saturated heterocycles. The second-order valence-corrected chi connectivity index (χ2v) is 6.81. The van der Waals surface area contributed by atoms with E-state index in [0.29, 0.717) is 16.5 Å². The first-order chi connectivity index (χ1) is 11.5. The minimum atomic E-state index is -0.900. The third-order valence-corrected chi connectivity index (χ3v) is 4.65. The van der Waals surface area contributed by atoms with Crippen LogP contribution in [-0.4, -0.2) is 32.0 Å². The van der Waals surface area contributed by atoms with Crippen LogP contribution in [0, 0.1) is 5.82 Å². The van der Waals surface area contributed by atoms with Crippen LogP contribution in [0.25, 0.3) is 11.4 Å². The van der Waals surface area contributed by atoms with Gasteiger partial charge in [-0.3, -0.25) is 14.7 Å². The number of nitrogens with zero attached hydrogens (tertiary/aromatic N) is 3. The first kappa shape index (κ1) is 16.4. The van der Waals surface area contributed by atoms with Crippen LogP contribution in [0.2, 0.25) is 0 Å². The molecule has 126 valence electrons. The van der Waals surface area contributed by atoms with Gasteiger partial charge in [-0.15, -0.1) is 10.2 Å². The fourth-order valence-corrected chi connectivity index (χ4v) is 3.20. The van der Waals surface area contributed by atoms with Gasteiger partial charge >= 0.3 is 6.03 Å². The normalized spacial score (nSPS) is 15.1. The van der Waals surface area contributed by atoms with Gasteiger partial charge in [-0.1, -0.05) is 23.9 Å². The number of carbonyl (C=O) groups is 2. The van der Waals surface area contributed by atoms with Gasteiger partial charge in [0.05, 0.1) is 10.8 Å². The smallest absolute Gasteiger partial charge is 0.318 e. The minimum Gasteiger partial charge on any atom is -0.351 e. The van der Waals surface area contributed by atoms with Gasteiger partial charge in [0.15, 0.2) is 11.0 Å². The predicted molar refractivity (Wildman–Crippen MR) is 86.7 cm³/mol. The van der Waals surface area contributed by atoms with E-state index in [4.69, 9.17) is 5.73 Å². The number of hydrogen-bond donors (Lipinski definition) is 2. The lowest BCUT2D eigenvalue weighted by Crippen LogP contribution is -2.39. The van der Waals surface area contributed by atoms with Gasteiger partial charge in [-0.2, -0.15) is 0 Å². The number of primary amides is 1. The van der Waals surface area contributed by atoms with Crippen LogP contribution >= 0.6 is 11.8 Å². The van der Waals surface area contributed by atoms with Gasteiger partial charge in [0, 0.05) is 6.04 Å². The van der Waals surface area contributed by atoms with Crippen LogP contribution in [0.5, 0.6) is 0 Å². The van der Waals surface area contributed by atoms with Crippen molar-refractivity contribution in [3.8, 4) is 11.4 Å². The zero-order valence-electron chi connectivity index (χ0n) is 12.9. The standard InChI is InChI=1S/C15H16FN5O2S/c1-8(13(22)18-14(17)23)24-15-20-19-12(21(15)9-6-7-9)10-4-2-3-5-11(10)16/h2-5,8-9H,6-7H2,1H3,(H3,17,18,22,23)/t8-/m1/s1. The van der Waals surface area contributed by atoms with E-state index >= 15 is 0 Å². The number of aromatic nitrogens is 3. The van der Waals surface area contributed by atoms with Gasteiger partial charge in [-0.25, -0.2) is 9.18 Å². The van der Waals surface area contributed by atoms with Gasteiger partial charge in [0.25, 0.3) is 0 Å². The van der Waals surface area contributed by atoms with Crippen molar-refractivity contribution in [2.45, 2.75) is 36.2 Å². The monoisotopic (exact) mass is 349 g/mol. The van der Waals surface area contributed by atoms with Crippen molar-refractivity contribution in [1.29, 1.82) is 0 Å². The van der Waals surface area contributed by atoms with Crippen LogP contribution in [-0.2, 0) is 4.79 Å². The molecule has 3 N–H and O–H groups in total. The SMILES string of the molecule is C[C@@H](Sc1nnc(-c2ccccc2F)n1C1CC1)C(=O)NC(N)=O. The minimum absolute atomic E-state index is 0.198. The number of halogens is 1. The number of hydrogen-bond acceptors (Lipinski definition) is 5.